The number of nitrogens with two attached hydrogens (primary N) is 1. The van der Waals surface area contributed by atoms with Crippen molar-refractivity contribution < 1.29 is 27.3 Å². The van der Waals surface area contributed by atoms with Gasteiger partial charge in [-0.3, -0.25) is 14.1 Å². The topological polar surface area (TPSA) is 136 Å². The number of benzene rings is 2. The first-order chi connectivity index (χ1) is 11.7. The maximum Gasteiger partial charge on any atom is 0.294 e. The van der Waals surface area contributed by atoms with Crippen LogP contribution in [0.5, 0.6) is 5.75 Å². The second-order valence-electron chi connectivity index (χ2n) is 5.11. The fourth-order valence-electron chi connectivity index (χ4n) is 2.10. The van der Waals surface area contributed by atoms with Gasteiger partial charge in [0, 0.05) is 11.3 Å². The van der Waals surface area contributed by atoms with Gasteiger partial charge in [0.15, 0.2) is 5.78 Å². The van der Waals surface area contributed by atoms with Crippen molar-refractivity contribution in [1.29, 1.82) is 0 Å². The number of nitrogen functional groups attached to an aromatic ring is 1. The molecular weight excluding hydrogens is 348 g/mol. The molecule has 0 radical (unpaired) electrons. The first-order valence-electron chi connectivity index (χ1n) is 7.05. The molecule has 0 aliphatic rings. The summed E-state index contributed by atoms with van der Waals surface area (Å²) in [5, 5.41) is 2.40. The van der Waals surface area contributed by atoms with Crippen LogP contribution in [0.2, 0.25) is 0 Å². The maximum absolute atomic E-state index is 12.1. The monoisotopic (exact) mass is 364 g/mol. The first kappa shape index (κ1) is 18.4. The minimum Gasteiger partial charge on any atom is -0.495 e. The van der Waals surface area contributed by atoms with Crippen molar-refractivity contribution in [3.8, 4) is 5.75 Å². The molecule has 0 fully saturated rings. The molecule has 0 aromatic heterocycles. The van der Waals surface area contributed by atoms with Crippen molar-refractivity contribution in [3.05, 3.63) is 48.0 Å². The summed E-state index contributed by atoms with van der Waals surface area (Å²) in [4.78, 5) is 23.8. The smallest absolute Gasteiger partial charge is 0.294 e. The SMILES string of the molecule is COc1ccc(S(=O)(=O)O)cc1NC(=O)CC(=O)c1cccc(N)c1. The fourth-order valence-corrected chi connectivity index (χ4v) is 2.61. The Morgan fingerprint density at radius 2 is 1.92 bits per heavy atom. The standard InChI is InChI=1S/C16H16N2O6S/c1-24-15-6-5-12(25(21,22)23)8-13(15)18-16(20)9-14(19)10-3-2-4-11(17)7-10/h2-8H,9,17H2,1H3,(H,18,20)(H,21,22,23). The van der Waals surface area contributed by atoms with Gasteiger partial charge in [-0.2, -0.15) is 8.42 Å². The fraction of sp³-hybridized carbons (Fsp3) is 0.125. The Hall–Kier alpha value is -2.91. The van der Waals surface area contributed by atoms with E-state index in [-0.39, 0.29) is 17.0 Å². The Balaban J connectivity index is 2.18. The summed E-state index contributed by atoms with van der Waals surface area (Å²) in [6, 6.07) is 9.64. The Morgan fingerprint density at radius 1 is 1.20 bits per heavy atom. The van der Waals surface area contributed by atoms with Crippen LogP contribution in [0.4, 0.5) is 11.4 Å². The molecule has 0 spiro atoms. The van der Waals surface area contributed by atoms with Crippen molar-refractivity contribution in [2.24, 2.45) is 0 Å². The molecule has 9 heteroatoms. The number of carbonyl (C=O) groups is 2. The molecule has 0 saturated carbocycles. The van der Waals surface area contributed by atoms with E-state index in [4.69, 9.17) is 15.0 Å². The number of rotatable bonds is 6. The zero-order valence-electron chi connectivity index (χ0n) is 13.2. The van der Waals surface area contributed by atoms with Gasteiger partial charge >= 0.3 is 0 Å². The minimum atomic E-state index is -4.44. The van der Waals surface area contributed by atoms with Gasteiger partial charge in [0.1, 0.15) is 5.75 Å². The Labute approximate surface area is 144 Å². The Bertz CT molecular complexity index is 924. The molecule has 2 aromatic carbocycles. The lowest BCUT2D eigenvalue weighted by molar-refractivity contribution is -0.115. The second kappa shape index (κ2) is 7.32. The molecule has 0 heterocycles. The molecule has 2 rings (SSSR count). The van der Waals surface area contributed by atoms with E-state index in [1.807, 2.05) is 0 Å². The van der Waals surface area contributed by atoms with E-state index < -0.39 is 33.1 Å². The molecule has 4 N–H and O–H groups in total. The van der Waals surface area contributed by atoms with Crippen LogP contribution in [0.25, 0.3) is 0 Å². The molecule has 1 amide bonds. The number of anilines is 2. The van der Waals surface area contributed by atoms with Gasteiger partial charge < -0.3 is 15.8 Å². The summed E-state index contributed by atoms with van der Waals surface area (Å²) in [6.45, 7) is 0. The van der Waals surface area contributed by atoms with Gasteiger partial charge in [0.05, 0.1) is 24.1 Å². The van der Waals surface area contributed by atoms with E-state index >= 15 is 0 Å². The molecule has 132 valence electrons. The number of methoxy groups -OCH3 is 1. The number of carbonyl (C=O) groups excluding carboxylic acids is 2. The Morgan fingerprint density at radius 3 is 2.52 bits per heavy atom. The minimum absolute atomic E-state index is 0.0167. The maximum atomic E-state index is 12.1. The molecule has 0 aliphatic heterocycles. The van der Waals surface area contributed by atoms with Crippen LogP contribution < -0.4 is 15.8 Å². The average Bonchev–Trinajstić information content (AvgIpc) is 2.53. The van der Waals surface area contributed by atoms with Crippen molar-refractivity contribution in [1.82, 2.24) is 0 Å². The van der Waals surface area contributed by atoms with Gasteiger partial charge in [0.2, 0.25) is 5.91 Å². The quantitative estimate of drug-likeness (QED) is 0.307. The number of amides is 1. The van der Waals surface area contributed by atoms with Gasteiger partial charge in [-0.25, -0.2) is 0 Å². The van der Waals surface area contributed by atoms with Crippen LogP contribution in [-0.2, 0) is 14.9 Å². The molecule has 0 aliphatic carbocycles. The van der Waals surface area contributed by atoms with Crippen LogP contribution in [0, 0.1) is 0 Å². The van der Waals surface area contributed by atoms with E-state index in [2.05, 4.69) is 5.32 Å². The third kappa shape index (κ3) is 4.78. The lowest BCUT2D eigenvalue weighted by Crippen LogP contribution is -2.17. The lowest BCUT2D eigenvalue weighted by atomic mass is 10.1. The lowest BCUT2D eigenvalue weighted by Gasteiger charge is -2.11. The van der Waals surface area contributed by atoms with Crippen LogP contribution >= 0.6 is 0 Å². The molecule has 8 nitrogen and oxygen atoms in total. The number of ketones is 1. The van der Waals surface area contributed by atoms with E-state index in [0.717, 1.165) is 12.1 Å². The number of hydrogen-bond acceptors (Lipinski definition) is 6. The van der Waals surface area contributed by atoms with Crippen LogP contribution in [-0.4, -0.2) is 31.8 Å². The zero-order valence-corrected chi connectivity index (χ0v) is 14.0. The zero-order chi connectivity index (χ0) is 18.6. The van der Waals surface area contributed by atoms with Gasteiger partial charge in [0.25, 0.3) is 10.1 Å². The number of ether oxygens (including phenoxy) is 1. The molecule has 25 heavy (non-hydrogen) atoms. The predicted octanol–water partition coefficient (Wildman–Crippen LogP) is 1.74. The third-order valence-electron chi connectivity index (χ3n) is 3.27. The highest BCUT2D eigenvalue weighted by Crippen LogP contribution is 2.27. The van der Waals surface area contributed by atoms with Crippen molar-refractivity contribution in [2.45, 2.75) is 11.3 Å². The summed E-state index contributed by atoms with van der Waals surface area (Å²) in [5.41, 5.74) is 6.30. The summed E-state index contributed by atoms with van der Waals surface area (Å²) in [5.74, 6) is -0.940. The highest BCUT2D eigenvalue weighted by Gasteiger charge is 2.17. The third-order valence-corrected chi connectivity index (χ3v) is 4.12. The van der Waals surface area contributed by atoms with Gasteiger partial charge in [-0.15, -0.1) is 0 Å². The van der Waals surface area contributed by atoms with Crippen LogP contribution in [0.1, 0.15) is 16.8 Å². The summed E-state index contributed by atoms with van der Waals surface area (Å²) < 4.78 is 36.5. The normalized spacial score (nSPS) is 11.0. The van der Waals surface area contributed by atoms with E-state index in [0.29, 0.717) is 5.69 Å². The van der Waals surface area contributed by atoms with E-state index in [1.165, 1.54) is 25.3 Å². The van der Waals surface area contributed by atoms with Crippen LogP contribution in [0.3, 0.4) is 0 Å². The van der Waals surface area contributed by atoms with Gasteiger partial charge in [-0.05, 0) is 30.3 Å². The molecule has 0 atom stereocenters. The highest BCUT2D eigenvalue weighted by atomic mass is 32.2. The summed E-state index contributed by atoms with van der Waals surface area (Å²) in [7, 11) is -3.12. The van der Waals surface area contributed by atoms with Crippen molar-refractivity contribution in [2.75, 3.05) is 18.2 Å². The number of Topliss-reactive ketones (excluding diaryl/α,β-unsaturated/α-hetero) is 1. The number of nitrogens with one attached hydrogen (secondary N) is 1. The first-order valence-corrected chi connectivity index (χ1v) is 8.49. The van der Waals surface area contributed by atoms with Crippen LogP contribution in [0.15, 0.2) is 47.4 Å². The number of hydrogen-bond donors (Lipinski definition) is 3. The van der Waals surface area contributed by atoms with Crippen molar-refractivity contribution >= 4 is 33.2 Å². The second-order valence-corrected chi connectivity index (χ2v) is 6.53. The highest BCUT2D eigenvalue weighted by molar-refractivity contribution is 7.85. The molecule has 0 bridgehead atoms. The predicted molar refractivity (Wildman–Crippen MR) is 91.2 cm³/mol. The largest absolute Gasteiger partial charge is 0.495 e. The van der Waals surface area contributed by atoms with E-state index in [9.17, 15) is 18.0 Å². The molecule has 0 unspecified atom stereocenters. The molecule has 2 aromatic rings. The average molecular weight is 364 g/mol. The van der Waals surface area contributed by atoms with Crippen molar-refractivity contribution in [3.63, 3.8) is 0 Å². The summed E-state index contributed by atoms with van der Waals surface area (Å²) >= 11 is 0. The summed E-state index contributed by atoms with van der Waals surface area (Å²) in [6.07, 6.45) is -0.470. The molecule has 0 saturated heterocycles. The van der Waals surface area contributed by atoms with E-state index in [1.54, 1.807) is 12.1 Å². The van der Waals surface area contributed by atoms with Gasteiger partial charge in [-0.1, -0.05) is 12.1 Å². The molecular formula is C16H16N2O6S. The Kier molecular flexibility index (Phi) is 5.40.